The van der Waals surface area contributed by atoms with E-state index < -0.39 is 11.6 Å². The van der Waals surface area contributed by atoms with Gasteiger partial charge >= 0.3 is 6.03 Å². The zero-order chi connectivity index (χ0) is 19.6. The molecular formula is C18H29IN6O2S. The highest BCUT2D eigenvalue weighted by atomic mass is 127. The Morgan fingerprint density at radius 3 is 2.54 bits per heavy atom. The molecule has 28 heavy (non-hydrogen) atoms. The van der Waals surface area contributed by atoms with E-state index in [1.165, 1.54) is 4.88 Å². The van der Waals surface area contributed by atoms with Crippen LogP contribution in [0.25, 0.3) is 0 Å². The highest BCUT2D eigenvalue weighted by Gasteiger charge is 2.48. The molecule has 0 aromatic carbocycles. The van der Waals surface area contributed by atoms with Crippen molar-refractivity contribution < 1.29 is 9.59 Å². The minimum atomic E-state index is -0.804. The second-order valence-electron chi connectivity index (χ2n) is 7.34. The number of carbonyl (C=O) groups excluding carboxylic acids is 2. The van der Waals surface area contributed by atoms with Crippen molar-refractivity contribution in [2.45, 2.75) is 45.6 Å². The summed E-state index contributed by atoms with van der Waals surface area (Å²) in [6.45, 7) is 8.33. The van der Waals surface area contributed by atoms with Gasteiger partial charge in [-0.2, -0.15) is 0 Å². The lowest BCUT2D eigenvalue weighted by molar-refractivity contribution is -0.125. The number of hydrogen-bond acceptors (Lipinski definition) is 5. The van der Waals surface area contributed by atoms with E-state index in [9.17, 15) is 9.59 Å². The molecule has 156 valence electrons. The third-order valence-corrected chi connectivity index (χ3v) is 6.66. The Labute approximate surface area is 187 Å². The van der Waals surface area contributed by atoms with Crippen molar-refractivity contribution in [2.75, 3.05) is 26.7 Å². The average Bonchev–Trinajstić information content (AvgIpc) is 3.09. The van der Waals surface area contributed by atoms with Gasteiger partial charge in [-0.25, -0.2) is 9.78 Å². The van der Waals surface area contributed by atoms with Crippen LogP contribution in [0.3, 0.4) is 0 Å². The molecule has 2 aliphatic heterocycles. The number of carbonyl (C=O) groups is 2. The number of nitrogens with zero attached hydrogens (tertiary/aromatic N) is 3. The first-order valence-electron chi connectivity index (χ1n) is 9.35. The average molecular weight is 520 g/mol. The van der Waals surface area contributed by atoms with Crippen molar-refractivity contribution in [1.82, 2.24) is 25.8 Å². The number of hydrogen-bond donors (Lipinski definition) is 3. The Kier molecular flexibility index (Phi) is 7.66. The van der Waals surface area contributed by atoms with Gasteiger partial charge in [-0.1, -0.05) is 0 Å². The van der Waals surface area contributed by atoms with Crippen LogP contribution in [0.15, 0.2) is 4.99 Å². The van der Waals surface area contributed by atoms with E-state index in [4.69, 9.17) is 0 Å². The molecule has 3 heterocycles. The second-order valence-corrected chi connectivity index (χ2v) is 8.63. The van der Waals surface area contributed by atoms with Gasteiger partial charge in [-0.05, 0) is 39.5 Å². The summed E-state index contributed by atoms with van der Waals surface area (Å²) in [4.78, 5) is 36.0. The standard InChI is InChI=1S/C18H28N6O2S.HI/c1-11-14(27-12(2)21-11)5-8-20-16(19-4)24-9-6-13(7-10-24)18(3)15(25)22-17(26)23-18;/h13H,5-10H2,1-4H3,(H,19,20)(H2,22,23,25,26);1H. The molecule has 0 aliphatic carbocycles. The molecule has 1 atom stereocenters. The second kappa shape index (κ2) is 9.38. The fourth-order valence-electron chi connectivity index (χ4n) is 3.94. The number of amides is 3. The number of guanidine groups is 1. The molecule has 2 saturated heterocycles. The van der Waals surface area contributed by atoms with Crippen molar-refractivity contribution in [3.8, 4) is 0 Å². The Bertz CT molecular complexity index is 759. The Morgan fingerprint density at radius 1 is 1.36 bits per heavy atom. The highest BCUT2D eigenvalue weighted by Crippen LogP contribution is 2.30. The van der Waals surface area contributed by atoms with Crippen molar-refractivity contribution in [2.24, 2.45) is 10.9 Å². The number of halogens is 1. The van der Waals surface area contributed by atoms with E-state index in [1.807, 2.05) is 13.8 Å². The maximum atomic E-state index is 12.1. The molecule has 1 aromatic rings. The normalized spacial score (nSPS) is 23.3. The zero-order valence-electron chi connectivity index (χ0n) is 16.8. The number of urea groups is 1. The molecule has 1 aromatic heterocycles. The monoisotopic (exact) mass is 520 g/mol. The molecule has 0 radical (unpaired) electrons. The van der Waals surface area contributed by atoms with Crippen LogP contribution in [-0.4, -0.2) is 60.0 Å². The third kappa shape index (κ3) is 4.76. The number of aromatic nitrogens is 1. The van der Waals surface area contributed by atoms with Gasteiger partial charge in [0.2, 0.25) is 0 Å². The minimum absolute atomic E-state index is 0. The summed E-state index contributed by atoms with van der Waals surface area (Å²) in [6.07, 6.45) is 2.59. The molecule has 0 saturated carbocycles. The zero-order valence-corrected chi connectivity index (χ0v) is 19.9. The van der Waals surface area contributed by atoms with Crippen LogP contribution in [0.5, 0.6) is 0 Å². The van der Waals surface area contributed by atoms with E-state index in [-0.39, 0.29) is 35.8 Å². The SMILES string of the molecule is CN=C(NCCc1sc(C)nc1C)N1CCC(C2(C)NC(=O)NC2=O)CC1.I. The molecule has 10 heteroatoms. The summed E-state index contributed by atoms with van der Waals surface area (Å²) in [5, 5.41) is 9.70. The summed E-state index contributed by atoms with van der Waals surface area (Å²) in [5.74, 6) is 0.794. The van der Waals surface area contributed by atoms with E-state index in [1.54, 1.807) is 18.4 Å². The van der Waals surface area contributed by atoms with E-state index in [0.717, 1.165) is 55.6 Å². The Balaban J connectivity index is 0.00000280. The largest absolute Gasteiger partial charge is 0.356 e. The summed E-state index contributed by atoms with van der Waals surface area (Å²) in [7, 11) is 1.79. The molecule has 3 amide bonds. The van der Waals surface area contributed by atoms with Gasteiger partial charge in [-0.15, -0.1) is 35.3 Å². The number of rotatable bonds is 4. The third-order valence-electron chi connectivity index (χ3n) is 5.53. The fourth-order valence-corrected chi connectivity index (χ4v) is 4.88. The van der Waals surface area contributed by atoms with Crippen LogP contribution in [-0.2, 0) is 11.2 Å². The van der Waals surface area contributed by atoms with Crippen molar-refractivity contribution in [1.29, 1.82) is 0 Å². The van der Waals surface area contributed by atoms with Gasteiger partial charge in [0.05, 0.1) is 10.7 Å². The van der Waals surface area contributed by atoms with Crippen molar-refractivity contribution in [3.05, 3.63) is 15.6 Å². The number of piperidine rings is 1. The minimum Gasteiger partial charge on any atom is -0.356 e. The first-order chi connectivity index (χ1) is 12.8. The van der Waals surface area contributed by atoms with Crippen LogP contribution in [0.1, 0.15) is 35.3 Å². The number of likely N-dealkylation sites (tertiary alicyclic amines) is 1. The molecule has 0 bridgehead atoms. The van der Waals surface area contributed by atoms with Crippen molar-refractivity contribution in [3.63, 3.8) is 0 Å². The summed E-state index contributed by atoms with van der Waals surface area (Å²) >= 11 is 1.75. The van der Waals surface area contributed by atoms with Gasteiger partial charge in [0.1, 0.15) is 5.54 Å². The van der Waals surface area contributed by atoms with Crippen LogP contribution in [0.2, 0.25) is 0 Å². The molecule has 3 rings (SSSR count). The number of aliphatic imine (C=N–C) groups is 1. The van der Waals surface area contributed by atoms with Crippen LogP contribution < -0.4 is 16.0 Å². The lowest BCUT2D eigenvalue weighted by Crippen LogP contribution is -2.55. The predicted octanol–water partition coefficient (Wildman–Crippen LogP) is 1.81. The first-order valence-corrected chi connectivity index (χ1v) is 10.2. The summed E-state index contributed by atoms with van der Waals surface area (Å²) in [5.41, 5.74) is 0.307. The highest BCUT2D eigenvalue weighted by molar-refractivity contribution is 14.0. The maximum absolute atomic E-state index is 12.1. The molecule has 2 fully saturated rings. The topological polar surface area (TPSA) is 98.7 Å². The quantitative estimate of drug-likeness (QED) is 0.244. The number of nitrogens with one attached hydrogen (secondary N) is 3. The maximum Gasteiger partial charge on any atom is 0.322 e. The van der Waals surface area contributed by atoms with Crippen LogP contribution in [0, 0.1) is 19.8 Å². The summed E-state index contributed by atoms with van der Waals surface area (Å²) in [6, 6.07) is -0.393. The van der Waals surface area contributed by atoms with Gasteiger partial charge < -0.3 is 15.5 Å². The number of thiazole rings is 1. The molecule has 8 nitrogen and oxygen atoms in total. The molecule has 3 N–H and O–H groups in total. The fraction of sp³-hybridized carbons (Fsp3) is 0.667. The van der Waals surface area contributed by atoms with Crippen LogP contribution >= 0.6 is 35.3 Å². The lowest BCUT2D eigenvalue weighted by atomic mass is 9.79. The lowest BCUT2D eigenvalue weighted by Gasteiger charge is -2.39. The Hall–Kier alpha value is -1.43. The molecular weight excluding hydrogens is 491 g/mol. The van der Waals surface area contributed by atoms with Gasteiger partial charge in [0, 0.05) is 38.0 Å². The van der Waals surface area contributed by atoms with E-state index in [2.05, 4.69) is 37.8 Å². The summed E-state index contributed by atoms with van der Waals surface area (Å²) < 4.78 is 0. The van der Waals surface area contributed by atoms with Gasteiger partial charge in [-0.3, -0.25) is 15.1 Å². The molecule has 1 unspecified atom stereocenters. The van der Waals surface area contributed by atoms with E-state index >= 15 is 0 Å². The molecule has 2 aliphatic rings. The van der Waals surface area contributed by atoms with E-state index in [0.29, 0.717) is 0 Å². The van der Waals surface area contributed by atoms with Gasteiger partial charge in [0.15, 0.2) is 5.96 Å². The van der Waals surface area contributed by atoms with Crippen LogP contribution in [0.4, 0.5) is 4.79 Å². The molecule has 0 spiro atoms. The smallest absolute Gasteiger partial charge is 0.322 e. The van der Waals surface area contributed by atoms with Crippen molar-refractivity contribution >= 4 is 53.2 Å². The number of aryl methyl sites for hydroxylation is 2. The predicted molar refractivity (Wildman–Crippen MR) is 121 cm³/mol. The number of imide groups is 1. The van der Waals surface area contributed by atoms with Gasteiger partial charge in [0.25, 0.3) is 5.91 Å². The Morgan fingerprint density at radius 2 is 2.04 bits per heavy atom. The first kappa shape index (κ1) is 22.9.